The van der Waals surface area contributed by atoms with E-state index in [0.717, 1.165) is 0 Å². The fourth-order valence-corrected chi connectivity index (χ4v) is 2.02. The Morgan fingerprint density at radius 1 is 1.15 bits per heavy atom. The van der Waals surface area contributed by atoms with E-state index >= 15 is 0 Å². The van der Waals surface area contributed by atoms with Crippen molar-refractivity contribution in [2.45, 2.75) is 13.8 Å². The third kappa shape index (κ3) is 2.85. The average Bonchev–Trinajstić information content (AvgIpc) is 2.42. The summed E-state index contributed by atoms with van der Waals surface area (Å²) in [6, 6.07) is 10.0. The first-order valence-corrected chi connectivity index (χ1v) is 6.36. The van der Waals surface area contributed by atoms with Crippen LogP contribution in [-0.2, 0) is 0 Å². The van der Waals surface area contributed by atoms with Crippen molar-refractivity contribution in [2.24, 2.45) is 0 Å². The van der Waals surface area contributed by atoms with E-state index in [9.17, 15) is 13.6 Å². The molecule has 0 heterocycles. The first kappa shape index (κ1) is 14.2. The number of hydrogen-bond donors (Lipinski definition) is 0. The molecule has 0 aliphatic rings. The van der Waals surface area contributed by atoms with Gasteiger partial charge in [-0.15, -0.1) is 0 Å². The van der Waals surface area contributed by atoms with Crippen molar-refractivity contribution in [1.82, 2.24) is 0 Å². The molecule has 0 fully saturated rings. The molecule has 2 aromatic carbocycles. The van der Waals surface area contributed by atoms with E-state index in [1.165, 1.54) is 35.2 Å². The summed E-state index contributed by atoms with van der Waals surface area (Å²) in [4.78, 5) is 13.9. The molecule has 0 unspecified atom stereocenters. The fourth-order valence-electron chi connectivity index (χ4n) is 2.02. The number of nitrogens with zero attached hydrogens (tertiary/aromatic N) is 1. The molecule has 104 valence electrons. The van der Waals surface area contributed by atoms with Crippen LogP contribution in [0.25, 0.3) is 0 Å². The lowest BCUT2D eigenvalue weighted by Gasteiger charge is -2.21. The van der Waals surface area contributed by atoms with Crippen molar-refractivity contribution < 1.29 is 13.6 Å². The van der Waals surface area contributed by atoms with Gasteiger partial charge in [-0.05, 0) is 55.8 Å². The van der Waals surface area contributed by atoms with Crippen LogP contribution in [0.4, 0.5) is 14.5 Å². The maximum Gasteiger partial charge on any atom is 0.258 e. The molecule has 0 aromatic heterocycles. The zero-order valence-corrected chi connectivity index (χ0v) is 11.4. The lowest BCUT2D eigenvalue weighted by molar-refractivity contribution is 0.0988. The molecule has 0 spiro atoms. The zero-order chi connectivity index (χ0) is 14.7. The fraction of sp³-hybridized carbons (Fsp3) is 0.188. The molecule has 0 radical (unpaired) electrons. The Labute approximate surface area is 116 Å². The Hall–Kier alpha value is -2.23. The predicted octanol–water partition coefficient (Wildman–Crippen LogP) is 3.94. The Bertz CT molecular complexity index is 640. The van der Waals surface area contributed by atoms with Crippen LogP contribution in [0.2, 0.25) is 0 Å². The minimum atomic E-state index is -0.399. The van der Waals surface area contributed by atoms with Gasteiger partial charge in [-0.25, -0.2) is 8.78 Å². The van der Waals surface area contributed by atoms with Gasteiger partial charge in [-0.2, -0.15) is 0 Å². The van der Waals surface area contributed by atoms with E-state index in [-0.39, 0.29) is 11.7 Å². The number of aryl methyl sites for hydroxylation is 1. The summed E-state index contributed by atoms with van der Waals surface area (Å²) in [6.07, 6.45) is 0. The number of hydrogen-bond acceptors (Lipinski definition) is 1. The first-order chi connectivity index (χ1) is 9.52. The van der Waals surface area contributed by atoms with Crippen LogP contribution in [0.5, 0.6) is 0 Å². The lowest BCUT2D eigenvalue weighted by Crippen LogP contribution is -2.30. The molecule has 0 aliphatic heterocycles. The summed E-state index contributed by atoms with van der Waals surface area (Å²) in [5.74, 6) is -1.03. The molecule has 4 heteroatoms. The third-order valence-electron chi connectivity index (χ3n) is 3.09. The van der Waals surface area contributed by atoms with Crippen LogP contribution in [0, 0.1) is 18.6 Å². The van der Waals surface area contributed by atoms with Gasteiger partial charge in [0.05, 0.1) is 0 Å². The highest BCUT2D eigenvalue weighted by Crippen LogP contribution is 2.19. The van der Waals surface area contributed by atoms with Crippen molar-refractivity contribution in [3.05, 3.63) is 65.2 Å². The maximum absolute atomic E-state index is 13.3. The second kappa shape index (κ2) is 5.82. The van der Waals surface area contributed by atoms with E-state index in [1.54, 1.807) is 26.0 Å². The molecule has 2 nitrogen and oxygen atoms in total. The summed E-state index contributed by atoms with van der Waals surface area (Å²) >= 11 is 0. The van der Waals surface area contributed by atoms with Crippen molar-refractivity contribution in [2.75, 3.05) is 11.4 Å². The molecule has 0 aliphatic carbocycles. The molecule has 0 bridgehead atoms. The van der Waals surface area contributed by atoms with E-state index in [2.05, 4.69) is 0 Å². The quantitative estimate of drug-likeness (QED) is 0.830. The summed E-state index contributed by atoms with van der Waals surface area (Å²) in [5, 5.41) is 0. The highest BCUT2D eigenvalue weighted by molar-refractivity contribution is 6.06. The van der Waals surface area contributed by atoms with Gasteiger partial charge >= 0.3 is 0 Å². The predicted molar refractivity (Wildman–Crippen MR) is 74.9 cm³/mol. The van der Waals surface area contributed by atoms with Gasteiger partial charge in [0.1, 0.15) is 11.6 Å². The average molecular weight is 275 g/mol. The van der Waals surface area contributed by atoms with Crippen LogP contribution in [0.1, 0.15) is 22.8 Å². The van der Waals surface area contributed by atoms with Gasteiger partial charge in [-0.1, -0.05) is 6.07 Å². The Morgan fingerprint density at radius 2 is 1.90 bits per heavy atom. The largest absolute Gasteiger partial charge is 0.309 e. The lowest BCUT2D eigenvalue weighted by atomic mass is 10.1. The highest BCUT2D eigenvalue weighted by Gasteiger charge is 2.17. The summed E-state index contributed by atoms with van der Waals surface area (Å²) in [5.41, 5.74) is 1.28. The minimum absolute atomic E-state index is 0.277. The van der Waals surface area contributed by atoms with Crippen LogP contribution in [-0.4, -0.2) is 12.5 Å². The van der Waals surface area contributed by atoms with Crippen LogP contribution >= 0.6 is 0 Å². The second-order valence-electron chi connectivity index (χ2n) is 4.49. The van der Waals surface area contributed by atoms with Gasteiger partial charge in [0.2, 0.25) is 0 Å². The van der Waals surface area contributed by atoms with Crippen molar-refractivity contribution >= 4 is 11.6 Å². The highest BCUT2D eigenvalue weighted by atomic mass is 19.1. The number of anilines is 1. The van der Waals surface area contributed by atoms with E-state index in [1.807, 2.05) is 0 Å². The van der Waals surface area contributed by atoms with Gasteiger partial charge in [-0.3, -0.25) is 4.79 Å². The normalized spacial score (nSPS) is 10.4. The standard InChI is InChI=1S/C16H15F2NO/c1-3-19(14-6-4-5-13(17)10-14)16(20)12-7-8-15(18)11(2)9-12/h4-10H,3H2,1-2H3. The molecule has 2 rings (SSSR count). The molecule has 0 atom stereocenters. The topological polar surface area (TPSA) is 20.3 Å². The Balaban J connectivity index is 2.36. The molecular weight excluding hydrogens is 260 g/mol. The third-order valence-corrected chi connectivity index (χ3v) is 3.09. The molecule has 2 aromatic rings. The molecule has 0 saturated heterocycles. The molecule has 0 N–H and O–H groups in total. The summed E-state index contributed by atoms with van der Waals surface area (Å²) in [6.45, 7) is 3.81. The number of amides is 1. The number of halogens is 2. The summed E-state index contributed by atoms with van der Waals surface area (Å²) < 4.78 is 26.5. The number of carbonyl (C=O) groups is 1. The van der Waals surface area contributed by atoms with E-state index in [0.29, 0.717) is 23.4 Å². The second-order valence-corrected chi connectivity index (χ2v) is 4.49. The Morgan fingerprint density at radius 3 is 2.50 bits per heavy atom. The van der Waals surface area contributed by atoms with Crippen molar-refractivity contribution in [3.8, 4) is 0 Å². The smallest absolute Gasteiger partial charge is 0.258 e. The van der Waals surface area contributed by atoms with Crippen molar-refractivity contribution in [1.29, 1.82) is 0 Å². The first-order valence-electron chi connectivity index (χ1n) is 6.36. The molecule has 0 saturated carbocycles. The Kier molecular flexibility index (Phi) is 4.13. The van der Waals surface area contributed by atoms with Crippen LogP contribution in [0.3, 0.4) is 0 Å². The van der Waals surface area contributed by atoms with E-state index in [4.69, 9.17) is 0 Å². The van der Waals surface area contributed by atoms with Gasteiger partial charge < -0.3 is 4.90 Å². The zero-order valence-electron chi connectivity index (χ0n) is 11.4. The van der Waals surface area contributed by atoms with Crippen molar-refractivity contribution in [3.63, 3.8) is 0 Å². The SMILES string of the molecule is CCN(C(=O)c1ccc(F)c(C)c1)c1cccc(F)c1. The number of rotatable bonds is 3. The monoisotopic (exact) mass is 275 g/mol. The number of benzene rings is 2. The van der Waals surface area contributed by atoms with Crippen LogP contribution < -0.4 is 4.90 Å². The summed E-state index contributed by atoms with van der Waals surface area (Å²) in [7, 11) is 0. The van der Waals surface area contributed by atoms with Gasteiger partial charge in [0.15, 0.2) is 0 Å². The van der Waals surface area contributed by atoms with Gasteiger partial charge in [0.25, 0.3) is 5.91 Å². The van der Waals surface area contributed by atoms with E-state index < -0.39 is 5.82 Å². The maximum atomic E-state index is 13.3. The molecule has 20 heavy (non-hydrogen) atoms. The minimum Gasteiger partial charge on any atom is -0.309 e. The molecule has 1 amide bonds. The van der Waals surface area contributed by atoms with Crippen LogP contribution in [0.15, 0.2) is 42.5 Å². The molecular formula is C16H15F2NO. The van der Waals surface area contributed by atoms with Gasteiger partial charge in [0, 0.05) is 17.8 Å². The number of carbonyl (C=O) groups excluding carboxylic acids is 1.